The van der Waals surface area contributed by atoms with E-state index in [9.17, 15) is 4.79 Å². The minimum absolute atomic E-state index is 0.219. The van der Waals surface area contributed by atoms with Crippen molar-refractivity contribution in [1.82, 2.24) is 5.32 Å². The van der Waals surface area contributed by atoms with Crippen LogP contribution in [0.4, 0.5) is 4.79 Å². The minimum atomic E-state index is -0.440. The smallest absolute Gasteiger partial charge is 0.407 e. The summed E-state index contributed by atoms with van der Waals surface area (Å²) in [5.74, 6) is 2.35. The second-order valence-corrected chi connectivity index (χ2v) is 4.38. The second-order valence-electron chi connectivity index (χ2n) is 4.38. The average molecular weight is 243 g/mol. The number of carbonyl (C=O) groups is 1. The monoisotopic (exact) mass is 243 g/mol. The standard InChI is InChI=1S/C12H21NO4/c1-5-6-15-7-8-16-9-10-17-11(14)13-12(2,3)4/h1H,6-10H2,2-4H3,(H,13,14). The van der Waals surface area contributed by atoms with Gasteiger partial charge in [-0.25, -0.2) is 4.79 Å². The fourth-order valence-corrected chi connectivity index (χ4v) is 0.887. The number of hydrogen-bond acceptors (Lipinski definition) is 4. The molecule has 5 nitrogen and oxygen atoms in total. The van der Waals surface area contributed by atoms with Gasteiger partial charge in [0, 0.05) is 5.54 Å². The molecule has 5 heteroatoms. The lowest BCUT2D eigenvalue weighted by Crippen LogP contribution is -2.41. The Morgan fingerprint density at radius 2 is 1.76 bits per heavy atom. The number of alkyl carbamates (subject to hydrolysis) is 1. The molecule has 0 heterocycles. The van der Waals surface area contributed by atoms with Gasteiger partial charge in [-0.05, 0) is 20.8 Å². The lowest BCUT2D eigenvalue weighted by molar-refractivity contribution is 0.0349. The van der Waals surface area contributed by atoms with E-state index in [4.69, 9.17) is 20.6 Å². The third-order valence-electron chi connectivity index (χ3n) is 1.50. The van der Waals surface area contributed by atoms with Gasteiger partial charge in [-0.3, -0.25) is 0 Å². The lowest BCUT2D eigenvalue weighted by Gasteiger charge is -2.19. The van der Waals surface area contributed by atoms with Gasteiger partial charge in [0.2, 0.25) is 0 Å². The molecule has 1 amide bonds. The number of nitrogens with one attached hydrogen (secondary N) is 1. The fraction of sp³-hybridized carbons (Fsp3) is 0.750. The molecule has 0 fully saturated rings. The first-order valence-electron chi connectivity index (χ1n) is 5.49. The maximum atomic E-state index is 11.2. The van der Waals surface area contributed by atoms with Crippen LogP contribution in [0.2, 0.25) is 0 Å². The number of ether oxygens (including phenoxy) is 3. The number of rotatable bonds is 7. The second kappa shape index (κ2) is 8.85. The van der Waals surface area contributed by atoms with Crippen molar-refractivity contribution >= 4 is 6.09 Å². The van der Waals surface area contributed by atoms with Crippen LogP contribution >= 0.6 is 0 Å². The predicted octanol–water partition coefficient (Wildman–Crippen LogP) is 1.18. The van der Waals surface area contributed by atoms with Crippen molar-refractivity contribution in [2.45, 2.75) is 26.3 Å². The van der Waals surface area contributed by atoms with Crippen LogP contribution in [0.5, 0.6) is 0 Å². The molecule has 0 aliphatic heterocycles. The van der Waals surface area contributed by atoms with E-state index in [0.717, 1.165) is 0 Å². The van der Waals surface area contributed by atoms with E-state index in [0.29, 0.717) is 19.8 Å². The zero-order chi connectivity index (χ0) is 13.1. The summed E-state index contributed by atoms with van der Waals surface area (Å²) in [6, 6.07) is 0. The highest BCUT2D eigenvalue weighted by Crippen LogP contribution is 1.98. The van der Waals surface area contributed by atoms with E-state index in [1.807, 2.05) is 20.8 Å². The van der Waals surface area contributed by atoms with E-state index in [1.54, 1.807) is 0 Å². The van der Waals surface area contributed by atoms with Crippen molar-refractivity contribution in [2.75, 3.05) is 33.0 Å². The first-order chi connectivity index (χ1) is 7.95. The van der Waals surface area contributed by atoms with E-state index >= 15 is 0 Å². The molecule has 0 saturated carbocycles. The first-order valence-corrected chi connectivity index (χ1v) is 5.49. The molecule has 0 radical (unpaired) electrons. The van der Waals surface area contributed by atoms with Crippen LogP contribution in [0, 0.1) is 12.3 Å². The molecule has 98 valence electrons. The van der Waals surface area contributed by atoms with Crippen molar-refractivity contribution in [3.63, 3.8) is 0 Å². The predicted molar refractivity (Wildman–Crippen MR) is 64.7 cm³/mol. The summed E-state index contributed by atoms with van der Waals surface area (Å²) >= 11 is 0. The minimum Gasteiger partial charge on any atom is -0.447 e. The Morgan fingerprint density at radius 1 is 1.18 bits per heavy atom. The number of carbonyl (C=O) groups excluding carboxylic acids is 1. The summed E-state index contributed by atoms with van der Waals surface area (Å²) in [6.07, 6.45) is 4.55. The highest BCUT2D eigenvalue weighted by Gasteiger charge is 2.13. The largest absolute Gasteiger partial charge is 0.447 e. The van der Waals surface area contributed by atoms with Crippen molar-refractivity contribution in [1.29, 1.82) is 0 Å². The van der Waals surface area contributed by atoms with Crippen molar-refractivity contribution < 1.29 is 19.0 Å². The summed E-state index contributed by atoms with van der Waals surface area (Å²) in [5.41, 5.74) is -0.291. The molecule has 0 aromatic carbocycles. The van der Waals surface area contributed by atoms with Crippen molar-refractivity contribution in [2.24, 2.45) is 0 Å². The van der Waals surface area contributed by atoms with Crippen LogP contribution in [0.1, 0.15) is 20.8 Å². The number of hydrogen-bond donors (Lipinski definition) is 1. The van der Waals surface area contributed by atoms with Crippen LogP contribution in [-0.2, 0) is 14.2 Å². The van der Waals surface area contributed by atoms with Gasteiger partial charge in [-0.15, -0.1) is 6.42 Å². The first kappa shape index (κ1) is 15.8. The summed E-state index contributed by atoms with van der Waals surface area (Å²) < 4.78 is 15.1. The molecule has 0 aromatic heterocycles. The zero-order valence-electron chi connectivity index (χ0n) is 10.7. The van der Waals surface area contributed by atoms with Gasteiger partial charge in [0.15, 0.2) is 0 Å². The third kappa shape index (κ3) is 12.7. The van der Waals surface area contributed by atoms with Gasteiger partial charge < -0.3 is 19.5 Å². The molecule has 0 bridgehead atoms. The highest BCUT2D eigenvalue weighted by atomic mass is 16.6. The van der Waals surface area contributed by atoms with Crippen molar-refractivity contribution in [3.8, 4) is 12.3 Å². The average Bonchev–Trinajstić information content (AvgIpc) is 2.19. The van der Waals surface area contributed by atoms with Crippen LogP contribution in [-0.4, -0.2) is 44.7 Å². The maximum Gasteiger partial charge on any atom is 0.407 e. The zero-order valence-corrected chi connectivity index (χ0v) is 10.7. The molecule has 0 atom stereocenters. The maximum absolute atomic E-state index is 11.2. The van der Waals surface area contributed by atoms with Gasteiger partial charge in [0.1, 0.15) is 13.2 Å². The molecule has 0 spiro atoms. The Hall–Kier alpha value is -1.25. The quantitative estimate of drug-likeness (QED) is 0.539. The van der Waals surface area contributed by atoms with Gasteiger partial charge >= 0.3 is 6.09 Å². The van der Waals surface area contributed by atoms with Crippen LogP contribution < -0.4 is 5.32 Å². The molecule has 0 saturated heterocycles. The number of terminal acetylenes is 1. The normalized spacial score (nSPS) is 10.7. The molecule has 0 rings (SSSR count). The van der Waals surface area contributed by atoms with E-state index in [-0.39, 0.29) is 18.8 Å². The molecule has 1 N–H and O–H groups in total. The molecule has 0 aliphatic rings. The molecular weight excluding hydrogens is 222 g/mol. The van der Waals surface area contributed by atoms with Crippen LogP contribution in [0.3, 0.4) is 0 Å². The third-order valence-corrected chi connectivity index (χ3v) is 1.50. The molecule has 17 heavy (non-hydrogen) atoms. The van der Waals surface area contributed by atoms with E-state index < -0.39 is 6.09 Å². The Balaban J connectivity index is 3.29. The Labute approximate surface area is 103 Å². The van der Waals surface area contributed by atoms with E-state index in [2.05, 4.69) is 11.2 Å². The van der Waals surface area contributed by atoms with Gasteiger partial charge in [-0.1, -0.05) is 5.92 Å². The topological polar surface area (TPSA) is 56.8 Å². The SMILES string of the molecule is C#CCOCCOCCOC(=O)NC(C)(C)C. The Kier molecular flexibility index (Phi) is 8.20. The van der Waals surface area contributed by atoms with Crippen LogP contribution in [0.25, 0.3) is 0 Å². The Morgan fingerprint density at radius 3 is 2.35 bits per heavy atom. The summed E-state index contributed by atoms with van der Waals surface area (Å²) in [4.78, 5) is 11.2. The summed E-state index contributed by atoms with van der Waals surface area (Å²) in [6.45, 7) is 7.38. The van der Waals surface area contributed by atoms with Gasteiger partial charge in [-0.2, -0.15) is 0 Å². The molecular formula is C12H21NO4. The molecule has 0 aliphatic carbocycles. The molecule has 0 aromatic rings. The Bertz CT molecular complexity index is 252. The lowest BCUT2D eigenvalue weighted by atomic mass is 10.1. The number of amides is 1. The molecule has 0 unspecified atom stereocenters. The van der Waals surface area contributed by atoms with Crippen LogP contribution in [0.15, 0.2) is 0 Å². The van der Waals surface area contributed by atoms with E-state index in [1.165, 1.54) is 0 Å². The highest BCUT2D eigenvalue weighted by molar-refractivity contribution is 5.67. The van der Waals surface area contributed by atoms with Gasteiger partial charge in [0.05, 0.1) is 19.8 Å². The van der Waals surface area contributed by atoms with Gasteiger partial charge in [0.25, 0.3) is 0 Å². The summed E-state index contributed by atoms with van der Waals surface area (Å²) in [5, 5.41) is 2.67. The summed E-state index contributed by atoms with van der Waals surface area (Å²) in [7, 11) is 0. The van der Waals surface area contributed by atoms with Crippen molar-refractivity contribution in [3.05, 3.63) is 0 Å². The fourth-order valence-electron chi connectivity index (χ4n) is 0.887.